The summed E-state index contributed by atoms with van der Waals surface area (Å²) in [6.07, 6.45) is -3.09. The van der Waals surface area contributed by atoms with Crippen LogP contribution in [-0.2, 0) is 6.18 Å². The van der Waals surface area contributed by atoms with Crippen molar-refractivity contribution in [3.05, 3.63) is 22.3 Å². The van der Waals surface area contributed by atoms with E-state index in [-0.39, 0.29) is 29.1 Å². The van der Waals surface area contributed by atoms with Gasteiger partial charge in [-0.2, -0.15) is 13.2 Å². The fraction of sp³-hybridized carbons (Fsp3) is 0.400. The first kappa shape index (κ1) is 15.5. The number of anilines is 1. The van der Waals surface area contributed by atoms with Crippen LogP contribution >= 0.6 is 15.9 Å². The summed E-state index contributed by atoms with van der Waals surface area (Å²) in [4.78, 5) is 5.06. The molecule has 5 nitrogen and oxygen atoms in total. The van der Waals surface area contributed by atoms with E-state index in [9.17, 15) is 13.2 Å². The maximum absolute atomic E-state index is 12.9. The van der Waals surface area contributed by atoms with Gasteiger partial charge in [0.1, 0.15) is 11.7 Å². The lowest BCUT2D eigenvalue weighted by Gasteiger charge is -2.22. The Kier molecular flexibility index (Phi) is 4.98. The normalized spacial score (nSPS) is 12.6. The number of amidine groups is 1. The van der Waals surface area contributed by atoms with Crippen molar-refractivity contribution in [2.45, 2.75) is 12.6 Å². The first-order chi connectivity index (χ1) is 8.75. The molecule has 0 aromatic carbocycles. The largest absolute Gasteiger partial charge is 0.419 e. The Morgan fingerprint density at radius 2 is 2.21 bits per heavy atom. The molecule has 0 atom stereocenters. The molecule has 9 heteroatoms. The van der Waals surface area contributed by atoms with Gasteiger partial charge in [-0.25, -0.2) is 4.98 Å². The van der Waals surface area contributed by atoms with Gasteiger partial charge in [0.15, 0.2) is 0 Å². The molecule has 0 spiro atoms. The molecule has 0 aliphatic rings. The van der Waals surface area contributed by atoms with Gasteiger partial charge in [0.25, 0.3) is 0 Å². The number of rotatable bonds is 4. The number of nitrogens with zero attached hydrogens (tertiary/aromatic N) is 3. The average molecular weight is 341 g/mol. The van der Waals surface area contributed by atoms with Gasteiger partial charge >= 0.3 is 6.18 Å². The number of pyridine rings is 1. The second kappa shape index (κ2) is 6.09. The van der Waals surface area contributed by atoms with E-state index in [0.717, 1.165) is 6.07 Å². The first-order valence-corrected chi connectivity index (χ1v) is 5.95. The lowest BCUT2D eigenvalue weighted by Crippen LogP contribution is -2.27. The van der Waals surface area contributed by atoms with E-state index in [2.05, 4.69) is 26.1 Å². The maximum atomic E-state index is 12.9. The predicted molar refractivity (Wildman–Crippen MR) is 68.2 cm³/mol. The van der Waals surface area contributed by atoms with Crippen LogP contribution in [0, 0.1) is 0 Å². The summed E-state index contributed by atoms with van der Waals surface area (Å²) in [6, 6.07) is 0.961. The predicted octanol–water partition coefficient (Wildman–Crippen LogP) is 2.44. The van der Waals surface area contributed by atoms with E-state index in [1.165, 1.54) is 18.1 Å². The lowest BCUT2D eigenvalue weighted by molar-refractivity contribution is -0.137. The van der Waals surface area contributed by atoms with Crippen molar-refractivity contribution in [3.8, 4) is 0 Å². The highest BCUT2D eigenvalue weighted by atomic mass is 79.9. The number of hydrogen-bond acceptors (Lipinski definition) is 4. The Hall–Kier alpha value is -1.51. The van der Waals surface area contributed by atoms with Gasteiger partial charge in [-0.3, -0.25) is 0 Å². The van der Waals surface area contributed by atoms with Crippen LogP contribution in [0.2, 0.25) is 0 Å². The van der Waals surface area contributed by atoms with Crippen LogP contribution in [0.4, 0.5) is 19.0 Å². The summed E-state index contributed by atoms with van der Waals surface area (Å²) in [7, 11) is 1.45. The first-order valence-electron chi connectivity index (χ1n) is 5.16. The zero-order valence-corrected chi connectivity index (χ0v) is 11.5. The van der Waals surface area contributed by atoms with E-state index < -0.39 is 11.7 Å². The number of halogens is 4. The van der Waals surface area contributed by atoms with Crippen molar-refractivity contribution in [1.29, 1.82) is 0 Å². The summed E-state index contributed by atoms with van der Waals surface area (Å²) < 4.78 is 38.9. The van der Waals surface area contributed by atoms with Crippen LogP contribution in [-0.4, -0.2) is 29.6 Å². The summed E-state index contributed by atoms with van der Waals surface area (Å²) in [5, 5.41) is 11.1. The SMILES string of the molecule is CN(CCC(N)=NO)c1ncc(Br)cc1C(F)(F)F. The molecule has 106 valence electrons. The minimum absolute atomic E-state index is 0.0579. The average Bonchev–Trinajstić information content (AvgIpc) is 2.34. The van der Waals surface area contributed by atoms with Gasteiger partial charge < -0.3 is 15.8 Å². The second-order valence-electron chi connectivity index (χ2n) is 3.79. The fourth-order valence-corrected chi connectivity index (χ4v) is 1.71. The molecule has 0 amide bonds. The number of alkyl halides is 3. The summed E-state index contributed by atoms with van der Waals surface area (Å²) >= 11 is 2.96. The Labute approximate surface area is 116 Å². The Morgan fingerprint density at radius 1 is 1.58 bits per heavy atom. The molecular weight excluding hydrogens is 329 g/mol. The van der Waals surface area contributed by atoms with E-state index >= 15 is 0 Å². The summed E-state index contributed by atoms with van der Waals surface area (Å²) in [5.41, 5.74) is 4.43. The van der Waals surface area contributed by atoms with Crippen molar-refractivity contribution >= 4 is 27.6 Å². The molecule has 1 aromatic heterocycles. The number of nitrogens with two attached hydrogens (primary N) is 1. The molecule has 19 heavy (non-hydrogen) atoms. The molecule has 0 radical (unpaired) electrons. The van der Waals surface area contributed by atoms with Crippen LogP contribution in [0.25, 0.3) is 0 Å². The van der Waals surface area contributed by atoms with Crippen LogP contribution in [0.3, 0.4) is 0 Å². The molecule has 0 unspecified atom stereocenters. The number of hydrogen-bond donors (Lipinski definition) is 2. The third-order valence-electron chi connectivity index (χ3n) is 2.33. The van der Waals surface area contributed by atoms with Crippen molar-refractivity contribution < 1.29 is 18.4 Å². The third kappa shape index (κ3) is 4.27. The molecule has 3 N–H and O–H groups in total. The molecule has 0 bridgehead atoms. The van der Waals surface area contributed by atoms with Gasteiger partial charge in [0.05, 0.1) is 5.56 Å². The van der Waals surface area contributed by atoms with Crippen LogP contribution in [0.5, 0.6) is 0 Å². The number of oxime groups is 1. The molecule has 0 aliphatic heterocycles. The van der Waals surface area contributed by atoms with E-state index in [1.807, 2.05) is 0 Å². The maximum Gasteiger partial charge on any atom is 0.419 e. The minimum Gasteiger partial charge on any atom is -0.409 e. The fourth-order valence-electron chi connectivity index (χ4n) is 1.38. The number of aromatic nitrogens is 1. The van der Waals surface area contributed by atoms with Crippen LogP contribution in [0.15, 0.2) is 21.9 Å². The molecule has 0 aliphatic carbocycles. The quantitative estimate of drug-likeness (QED) is 0.382. The molecule has 0 fully saturated rings. The van der Waals surface area contributed by atoms with Crippen molar-refractivity contribution in [2.75, 3.05) is 18.5 Å². The third-order valence-corrected chi connectivity index (χ3v) is 2.77. The van der Waals surface area contributed by atoms with Crippen molar-refractivity contribution in [2.24, 2.45) is 10.9 Å². The Bertz CT molecular complexity index is 478. The van der Waals surface area contributed by atoms with E-state index in [4.69, 9.17) is 10.9 Å². The molecule has 1 rings (SSSR count). The van der Waals surface area contributed by atoms with Crippen molar-refractivity contribution in [3.63, 3.8) is 0 Å². The Morgan fingerprint density at radius 3 is 2.74 bits per heavy atom. The molecule has 1 heterocycles. The standard InChI is InChI=1S/C10H12BrF3N4O/c1-18(3-2-8(15)17-19)9-7(10(12,13)14)4-6(11)5-16-9/h4-5,19H,2-3H2,1H3,(H2,15,17). The highest BCUT2D eigenvalue weighted by Gasteiger charge is 2.35. The lowest BCUT2D eigenvalue weighted by atomic mass is 10.2. The van der Waals surface area contributed by atoms with Gasteiger partial charge in [-0.1, -0.05) is 5.16 Å². The summed E-state index contributed by atoms with van der Waals surface area (Å²) in [6.45, 7) is 0.146. The van der Waals surface area contributed by atoms with Crippen LogP contribution < -0.4 is 10.6 Å². The van der Waals surface area contributed by atoms with Gasteiger partial charge in [-0.05, 0) is 22.0 Å². The second-order valence-corrected chi connectivity index (χ2v) is 4.70. The van der Waals surface area contributed by atoms with E-state index in [1.54, 1.807) is 0 Å². The van der Waals surface area contributed by atoms with Crippen LogP contribution in [0.1, 0.15) is 12.0 Å². The van der Waals surface area contributed by atoms with Crippen molar-refractivity contribution in [1.82, 2.24) is 4.98 Å². The van der Waals surface area contributed by atoms with E-state index in [0.29, 0.717) is 0 Å². The zero-order valence-electron chi connectivity index (χ0n) is 9.95. The monoisotopic (exact) mass is 340 g/mol. The summed E-state index contributed by atoms with van der Waals surface area (Å²) in [5.74, 6) is -0.265. The molecular formula is C10H12BrF3N4O. The smallest absolute Gasteiger partial charge is 0.409 e. The highest BCUT2D eigenvalue weighted by Crippen LogP contribution is 2.36. The minimum atomic E-state index is -4.50. The molecule has 0 saturated heterocycles. The molecule has 0 saturated carbocycles. The molecule has 1 aromatic rings. The van der Waals surface area contributed by atoms with Gasteiger partial charge in [-0.15, -0.1) is 0 Å². The highest BCUT2D eigenvalue weighted by molar-refractivity contribution is 9.10. The van der Waals surface area contributed by atoms with Gasteiger partial charge in [0, 0.05) is 30.7 Å². The zero-order chi connectivity index (χ0) is 14.6. The Balaban J connectivity index is 2.99. The van der Waals surface area contributed by atoms with Gasteiger partial charge in [0.2, 0.25) is 0 Å². The topological polar surface area (TPSA) is 74.7 Å².